The Hall–Kier alpha value is -0.890. The normalized spacial score (nSPS) is 10.1. The van der Waals surface area contributed by atoms with Crippen LogP contribution in [0.3, 0.4) is 0 Å². The standard InChI is InChI=1S/C11H6BrClN2S/c12-10-9(4-5-14)15-11(16-10)7-2-1-3-8(13)6-7/h1-3,6H,4H2. The first-order valence-corrected chi connectivity index (χ1v) is 6.47. The van der Waals surface area contributed by atoms with E-state index < -0.39 is 0 Å². The van der Waals surface area contributed by atoms with Crippen molar-refractivity contribution in [2.24, 2.45) is 0 Å². The quantitative estimate of drug-likeness (QED) is 0.829. The molecule has 0 atom stereocenters. The Morgan fingerprint density at radius 2 is 2.31 bits per heavy atom. The van der Waals surface area contributed by atoms with Gasteiger partial charge in [0.25, 0.3) is 0 Å². The fourth-order valence-corrected chi connectivity index (χ4v) is 2.95. The summed E-state index contributed by atoms with van der Waals surface area (Å²) in [6.07, 6.45) is 0.317. The molecule has 0 unspecified atom stereocenters. The van der Waals surface area contributed by atoms with Gasteiger partial charge >= 0.3 is 0 Å². The second-order valence-electron chi connectivity index (χ2n) is 3.08. The van der Waals surface area contributed by atoms with Gasteiger partial charge in [-0.3, -0.25) is 0 Å². The lowest BCUT2D eigenvalue weighted by atomic mass is 10.2. The molecule has 1 heterocycles. The molecule has 0 aliphatic heterocycles. The van der Waals surface area contributed by atoms with Crippen LogP contribution < -0.4 is 0 Å². The average molecular weight is 314 g/mol. The molecule has 2 rings (SSSR count). The van der Waals surface area contributed by atoms with Crippen LogP contribution in [0.25, 0.3) is 10.6 Å². The van der Waals surface area contributed by atoms with Crippen LogP contribution in [0.15, 0.2) is 28.1 Å². The van der Waals surface area contributed by atoms with Gasteiger partial charge in [0.15, 0.2) is 0 Å². The molecule has 5 heteroatoms. The van der Waals surface area contributed by atoms with Crippen molar-refractivity contribution in [2.45, 2.75) is 6.42 Å². The predicted octanol–water partition coefficient (Wildman–Crippen LogP) is 4.29. The van der Waals surface area contributed by atoms with Crippen LogP contribution in [-0.2, 0) is 6.42 Å². The Kier molecular flexibility index (Phi) is 3.59. The van der Waals surface area contributed by atoms with Crippen molar-refractivity contribution >= 4 is 38.9 Å². The Morgan fingerprint density at radius 1 is 1.50 bits per heavy atom. The van der Waals surface area contributed by atoms with Gasteiger partial charge in [-0.2, -0.15) is 5.26 Å². The second kappa shape index (κ2) is 4.96. The van der Waals surface area contributed by atoms with Crippen LogP contribution in [0.1, 0.15) is 5.69 Å². The maximum absolute atomic E-state index is 8.64. The monoisotopic (exact) mass is 312 g/mol. The minimum absolute atomic E-state index is 0.317. The maximum atomic E-state index is 8.64. The molecule has 0 radical (unpaired) electrons. The topological polar surface area (TPSA) is 36.7 Å². The third kappa shape index (κ3) is 2.43. The molecule has 0 saturated heterocycles. The van der Waals surface area contributed by atoms with Crippen molar-refractivity contribution in [1.82, 2.24) is 4.98 Å². The lowest BCUT2D eigenvalue weighted by Gasteiger charge is -1.95. The summed E-state index contributed by atoms with van der Waals surface area (Å²) < 4.78 is 0.907. The third-order valence-electron chi connectivity index (χ3n) is 1.97. The maximum Gasteiger partial charge on any atom is 0.124 e. The average Bonchev–Trinajstić information content (AvgIpc) is 2.61. The molecular weight excluding hydrogens is 308 g/mol. The Morgan fingerprint density at radius 3 is 3.00 bits per heavy atom. The van der Waals surface area contributed by atoms with E-state index in [1.807, 2.05) is 24.3 Å². The second-order valence-corrected chi connectivity index (χ2v) is 5.84. The molecule has 2 aromatic rings. The molecule has 0 bridgehead atoms. The third-order valence-corrected chi connectivity index (χ3v) is 4.08. The number of aromatic nitrogens is 1. The molecular formula is C11H6BrClN2S. The number of thiazole rings is 1. The lowest BCUT2D eigenvalue weighted by molar-refractivity contribution is 1.15. The van der Waals surface area contributed by atoms with E-state index in [-0.39, 0.29) is 0 Å². The smallest absolute Gasteiger partial charge is 0.124 e. The van der Waals surface area contributed by atoms with E-state index in [0.717, 1.165) is 20.1 Å². The van der Waals surface area contributed by atoms with Crippen molar-refractivity contribution in [3.63, 3.8) is 0 Å². The number of halogens is 2. The zero-order chi connectivity index (χ0) is 11.5. The number of rotatable bonds is 2. The van der Waals surface area contributed by atoms with Crippen molar-refractivity contribution < 1.29 is 0 Å². The number of benzene rings is 1. The first-order valence-electron chi connectivity index (χ1n) is 4.49. The first kappa shape index (κ1) is 11.6. The highest BCUT2D eigenvalue weighted by Crippen LogP contribution is 2.33. The Labute approximate surface area is 111 Å². The molecule has 0 N–H and O–H groups in total. The predicted molar refractivity (Wildman–Crippen MR) is 69.6 cm³/mol. The van der Waals surface area contributed by atoms with Crippen molar-refractivity contribution in [3.8, 4) is 16.6 Å². The van der Waals surface area contributed by atoms with Gasteiger partial charge in [0.2, 0.25) is 0 Å². The van der Waals surface area contributed by atoms with Gasteiger partial charge in [0.05, 0.1) is 22.0 Å². The summed E-state index contributed by atoms with van der Waals surface area (Å²) >= 11 is 10.8. The first-order chi connectivity index (χ1) is 7.70. The highest BCUT2D eigenvalue weighted by Gasteiger charge is 2.10. The summed E-state index contributed by atoms with van der Waals surface area (Å²) in [7, 11) is 0. The highest BCUT2D eigenvalue weighted by atomic mass is 79.9. The van der Waals surface area contributed by atoms with Gasteiger partial charge in [-0.15, -0.1) is 11.3 Å². The van der Waals surface area contributed by atoms with Crippen LogP contribution in [0, 0.1) is 11.3 Å². The van der Waals surface area contributed by atoms with E-state index in [9.17, 15) is 0 Å². The van der Waals surface area contributed by atoms with Crippen LogP contribution in [-0.4, -0.2) is 4.98 Å². The van der Waals surface area contributed by atoms with Crippen LogP contribution in [0.2, 0.25) is 5.02 Å². The molecule has 0 saturated carbocycles. The van der Waals surface area contributed by atoms with E-state index in [0.29, 0.717) is 11.4 Å². The van der Waals surface area contributed by atoms with E-state index in [1.165, 1.54) is 11.3 Å². The molecule has 1 aromatic heterocycles. The van der Waals surface area contributed by atoms with Gasteiger partial charge < -0.3 is 0 Å². The molecule has 0 aliphatic carbocycles. The van der Waals surface area contributed by atoms with Crippen molar-refractivity contribution in [1.29, 1.82) is 5.26 Å². The fourth-order valence-electron chi connectivity index (χ4n) is 1.26. The highest BCUT2D eigenvalue weighted by molar-refractivity contribution is 9.11. The molecule has 80 valence electrons. The lowest BCUT2D eigenvalue weighted by Crippen LogP contribution is -1.82. The number of nitriles is 1. The van der Waals surface area contributed by atoms with Crippen LogP contribution in [0.4, 0.5) is 0 Å². The molecule has 1 aromatic carbocycles. The molecule has 2 nitrogen and oxygen atoms in total. The summed E-state index contributed by atoms with van der Waals surface area (Å²) in [4.78, 5) is 4.40. The molecule has 0 aliphatic rings. The molecule has 0 fully saturated rings. The summed E-state index contributed by atoms with van der Waals surface area (Å²) in [5.41, 5.74) is 1.75. The number of hydrogen-bond donors (Lipinski definition) is 0. The molecule has 0 spiro atoms. The Bertz CT molecular complexity index is 559. The zero-order valence-corrected chi connectivity index (χ0v) is 11.2. The SMILES string of the molecule is N#CCc1nc(-c2cccc(Cl)c2)sc1Br. The fraction of sp³-hybridized carbons (Fsp3) is 0.0909. The summed E-state index contributed by atoms with van der Waals surface area (Å²) in [5, 5.41) is 10.2. The van der Waals surface area contributed by atoms with E-state index in [2.05, 4.69) is 27.0 Å². The van der Waals surface area contributed by atoms with Crippen molar-refractivity contribution in [2.75, 3.05) is 0 Å². The van der Waals surface area contributed by atoms with Gasteiger partial charge in [0.1, 0.15) is 5.01 Å². The summed E-state index contributed by atoms with van der Waals surface area (Å²) in [5.74, 6) is 0. The van der Waals surface area contributed by atoms with E-state index in [1.54, 1.807) is 0 Å². The summed E-state index contributed by atoms with van der Waals surface area (Å²) in [6.45, 7) is 0. The van der Waals surface area contributed by atoms with Gasteiger partial charge in [-0.05, 0) is 28.1 Å². The molecule has 16 heavy (non-hydrogen) atoms. The largest absolute Gasteiger partial charge is 0.239 e. The zero-order valence-electron chi connectivity index (χ0n) is 8.08. The number of nitrogens with zero attached hydrogens (tertiary/aromatic N) is 2. The van der Waals surface area contributed by atoms with Crippen LogP contribution >= 0.6 is 38.9 Å². The van der Waals surface area contributed by atoms with Crippen molar-refractivity contribution in [3.05, 3.63) is 38.8 Å². The number of hydrogen-bond acceptors (Lipinski definition) is 3. The van der Waals surface area contributed by atoms with Gasteiger partial charge in [0, 0.05) is 10.6 Å². The summed E-state index contributed by atoms with van der Waals surface area (Å²) in [6, 6.07) is 9.61. The van der Waals surface area contributed by atoms with Crippen LogP contribution in [0.5, 0.6) is 0 Å². The molecule has 0 amide bonds. The van der Waals surface area contributed by atoms with E-state index in [4.69, 9.17) is 16.9 Å². The minimum atomic E-state index is 0.317. The Balaban J connectivity index is 2.42. The van der Waals surface area contributed by atoms with E-state index >= 15 is 0 Å². The minimum Gasteiger partial charge on any atom is -0.239 e. The van der Waals surface area contributed by atoms with Gasteiger partial charge in [-0.25, -0.2) is 4.98 Å². The van der Waals surface area contributed by atoms with Gasteiger partial charge in [-0.1, -0.05) is 23.7 Å².